The van der Waals surface area contributed by atoms with Crippen molar-refractivity contribution in [2.75, 3.05) is 5.32 Å². The Morgan fingerprint density at radius 1 is 1.09 bits per heavy atom. The molecule has 0 bridgehead atoms. The van der Waals surface area contributed by atoms with E-state index in [-0.39, 0.29) is 11.8 Å². The summed E-state index contributed by atoms with van der Waals surface area (Å²) >= 11 is 5.56. The molecular formula is C18H12ClF8N5O. The number of nitrogens with one attached hydrogen (secondary N) is 1. The van der Waals surface area contributed by atoms with Crippen molar-refractivity contribution in [2.24, 2.45) is 0 Å². The SMILES string of the molecule is CC(C(=O)Nc1cnn(Cc2c(F)cc(F)c(F)c2F)c1)n1nc(C(F)F)c(Cl)c1C(F)F. The standard InChI is InChI=1S/C18H12ClF8N5O/c1-6(32-15(17(26)27)11(19)14(30-32)16(24)25)18(33)29-7-3-28-31(4-7)5-8-9(20)2-10(21)13(23)12(8)22/h2-4,6,16-17H,5H2,1H3,(H,29,33). The van der Waals surface area contributed by atoms with Crippen molar-refractivity contribution in [3.05, 3.63) is 63.7 Å². The summed E-state index contributed by atoms with van der Waals surface area (Å²) < 4.78 is 108. The topological polar surface area (TPSA) is 64.7 Å². The summed E-state index contributed by atoms with van der Waals surface area (Å²) in [6.07, 6.45) is -4.51. The van der Waals surface area contributed by atoms with Gasteiger partial charge in [-0.05, 0) is 6.92 Å². The first-order valence-corrected chi connectivity index (χ1v) is 9.29. The van der Waals surface area contributed by atoms with Crippen LogP contribution in [0.5, 0.6) is 0 Å². The van der Waals surface area contributed by atoms with Crippen LogP contribution in [0.2, 0.25) is 5.02 Å². The molecule has 0 saturated heterocycles. The normalized spacial score (nSPS) is 12.6. The largest absolute Gasteiger partial charge is 0.322 e. The molecule has 6 nitrogen and oxygen atoms in total. The zero-order valence-corrected chi connectivity index (χ0v) is 17.0. The van der Waals surface area contributed by atoms with Crippen LogP contribution in [0.3, 0.4) is 0 Å². The molecule has 1 unspecified atom stereocenters. The first kappa shape index (κ1) is 24.5. The number of aromatic nitrogens is 4. The number of amides is 1. The van der Waals surface area contributed by atoms with Crippen LogP contribution in [0.1, 0.15) is 42.8 Å². The van der Waals surface area contributed by atoms with E-state index in [0.29, 0.717) is 4.68 Å². The number of hydrogen-bond donors (Lipinski definition) is 1. The second-order valence-electron chi connectivity index (χ2n) is 6.67. The van der Waals surface area contributed by atoms with Gasteiger partial charge in [0, 0.05) is 17.8 Å². The first-order valence-electron chi connectivity index (χ1n) is 8.91. The summed E-state index contributed by atoms with van der Waals surface area (Å²) in [6, 6.07) is -1.37. The molecule has 1 amide bonds. The van der Waals surface area contributed by atoms with Gasteiger partial charge in [0.1, 0.15) is 23.2 Å². The average Bonchev–Trinajstić information content (AvgIpc) is 3.32. The van der Waals surface area contributed by atoms with Gasteiger partial charge < -0.3 is 5.32 Å². The van der Waals surface area contributed by atoms with Gasteiger partial charge in [0.15, 0.2) is 17.5 Å². The van der Waals surface area contributed by atoms with Crippen LogP contribution in [0.15, 0.2) is 18.5 Å². The number of hydrogen-bond acceptors (Lipinski definition) is 3. The predicted octanol–water partition coefficient (Wildman–Crippen LogP) is 5.41. The third-order valence-electron chi connectivity index (χ3n) is 4.50. The number of carbonyl (C=O) groups is 1. The van der Waals surface area contributed by atoms with E-state index >= 15 is 0 Å². The van der Waals surface area contributed by atoms with Crippen molar-refractivity contribution >= 4 is 23.2 Å². The molecule has 178 valence electrons. The fourth-order valence-corrected chi connectivity index (χ4v) is 3.15. The minimum atomic E-state index is -3.31. The second-order valence-corrected chi connectivity index (χ2v) is 7.05. The van der Waals surface area contributed by atoms with Crippen molar-refractivity contribution in [2.45, 2.75) is 32.4 Å². The molecule has 0 saturated carbocycles. The number of rotatable bonds is 7. The maximum atomic E-state index is 13.8. The quantitative estimate of drug-likeness (QED) is 0.267. The molecule has 2 aromatic heterocycles. The lowest BCUT2D eigenvalue weighted by Crippen LogP contribution is -2.26. The van der Waals surface area contributed by atoms with Crippen molar-refractivity contribution < 1.29 is 39.9 Å². The lowest BCUT2D eigenvalue weighted by atomic mass is 10.2. The fraction of sp³-hybridized carbons (Fsp3) is 0.278. The molecule has 1 N–H and O–H groups in total. The summed E-state index contributed by atoms with van der Waals surface area (Å²) in [6.45, 7) is 0.415. The van der Waals surface area contributed by atoms with Gasteiger partial charge in [0.25, 0.3) is 12.9 Å². The van der Waals surface area contributed by atoms with Gasteiger partial charge in [0.2, 0.25) is 5.91 Å². The Labute approximate surface area is 184 Å². The lowest BCUT2D eigenvalue weighted by molar-refractivity contribution is -0.119. The van der Waals surface area contributed by atoms with E-state index in [0.717, 1.165) is 24.0 Å². The van der Waals surface area contributed by atoms with E-state index < -0.39 is 76.6 Å². The molecule has 15 heteroatoms. The molecule has 33 heavy (non-hydrogen) atoms. The third-order valence-corrected chi connectivity index (χ3v) is 4.89. The van der Waals surface area contributed by atoms with E-state index in [9.17, 15) is 39.9 Å². The first-order chi connectivity index (χ1) is 15.4. The Hall–Kier alpha value is -3.16. The highest BCUT2D eigenvalue weighted by atomic mass is 35.5. The van der Waals surface area contributed by atoms with E-state index in [1.54, 1.807) is 0 Å². The van der Waals surface area contributed by atoms with Gasteiger partial charge >= 0.3 is 0 Å². The molecule has 0 aliphatic carbocycles. The van der Waals surface area contributed by atoms with Crippen molar-refractivity contribution in [1.82, 2.24) is 19.6 Å². The second kappa shape index (κ2) is 9.37. The third kappa shape index (κ3) is 4.79. The van der Waals surface area contributed by atoms with Crippen LogP contribution in [-0.2, 0) is 11.3 Å². The van der Waals surface area contributed by atoms with Gasteiger partial charge in [-0.25, -0.2) is 39.8 Å². The smallest absolute Gasteiger partial charge is 0.283 e. The average molecular weight is 502 g/mol. The van der Waals surface area contributed by atoms with Crippen molar-refractivity contribution in [3.8, 4) is 0 Å². The molecule has 0 aliphatic rings. The molecular weight excluding hydrogens is 490 g/mol. The highest BCUT2D eigenvalue weighted by molar-refractivity contribution is 6.32. The Morgan fingerprint density at radius 3 is 2.36 bits per heavy atom. The van der Waals surface area contributed by atoms with Gasteiger partial charge in [-0.15, -0.1) is 0 Å². The number of nitrogens with zero attached hydrogens (tertiary/aromatic N) is 4. The maximum Gasteiger partial charge on any atom is 0.283 e. The molecule has 1 aromatic carbocycles. The van der Waals surface area contributed by atoms with Crippen LogP contribution >= 0.6 is 11.6 Å². The fourth-order valence-electron chi connectivity index (χ4n) is 2.86. The number of carbonyl (C=O) groups excluding carboxylic acids is 1. The summed E-state index contributed by atoms with van der Waals surface area (Å²) in [5.41, 5.74) is -3.11. The van der Waals surface area contributed by atoms with Crippen LogP contribution in [0.4, 0.5) is 40.8 Å². The van der Waals surface area contributed by atoms with E-state index in [2.05, 4.69) is 15.5 Å². The highest BCUT2D eigenvalue weighted by Gasteiger charge is 2.32. The lowest BCUT2D eigenvalue weighted by Gasteiger charge is -2.15. The Morgan fingerprint density at radius 2 is 1.76 bits per heavy atom. The van der Waals surface area contributed by atoms with Gasteiger partial charge in [-0.1, -0.05) is 11.6 Å². The Balaban J connectivity index is 1.80. The van der Waals surface area contributed by atoms with Gasteiger partial charge in [-0.2, -0.15) is 10.2 Å². The van der Waals surface area contributed by atoms with Gasteiger partial charge in [-0.3, -0.25) is 9.48 Å². The van der Waals surface area contributed by atoms with Crippen LogP contribution in [0, 0.1) is 23.3 Å². The molecule has 1 atom stereocenters. The number of alkyl halides is 4. The summed E-state index contributed by atoms with van der Waals surface area (Å²) in [5, 5.41) is 8.29. The number of benzene rings is 1. The van der Waals surface area contributed by atoms with E-state index in [4.69, 9.17) is 11.6 Å². The zero-order chi connectivity index (χ0) is 24.6. The molecule has 0 radical (unpaired) electrons. The molecule has 2 heterocycles. The summed E-state index contributed by atoms with van der Waals surface area (Å²) in [7, 11) is 0. The van der Waals surface area contributed by atoms with E-state index in [1.165, 1.54) is 0 Å². The van der Waals surface area contributed by atoms with Crippen LogP contribution in [-0.4, -0.2) is 25.5 Å². The number of anilines is 1. The minimum absolute atomic E-state index is 0.0822. The zero-order valence-electron chi connectivity index (χ0n) is 16.3. The monoisotopic (exact) mass is 501 g/mol. The van der Waals surface area contributed by atoms with Crippen LogP contribution in [0.25, 0.3) is 0 Å². The predicted molar refractivity (Wildman–Crippen MR) is 98.1 cm³/mol. The summed E-state index contributed by atoms with van der Waals surface area (Å²) in [5.74, 6) is -7.70. The maximum absolute atomic E-state index is 13.8. The van der Waals surface area contributed by atoms with Crippen molar-refractivity contribution in [1.29, 1.82) is 0 Å². The van der Waals surface area contributed by atoms with Gasteiger partial charge in [0.05, 0.1) is 23.5 Å². The highest BCUT2D eigenvalue weighted by Crippen LogP contribution is 2.36. The number of halogens is 9. The molecule has 3 aromatic rings. The molecule has 0 spiro atoms. The molecule has 0 aliphatic heterocycles. The molecule has 3 rings (SSSR count). The minimum Gasteiger partial charge on any atom is -0.322 e. The van der Waals surface area contributed by atoms with Crippen molar-refractivity contribution in [3.63, 3.8) is 0 Å². The van der Waals surface area contributed by atoms with Crippen LogP contribution < -0.4 is 5.32 Å². The van der Waals surface area contributed by atoms with E-state index in [1.807, 2.05) is 0 Å². The molecule has 0 fully saturated rings. The Bertz CT molecular complexity index is 1200. The summed E-state index contributed by atoms with van der Waals surface area (Å²) in [4.78, 5) is 12.4. The Kier molecular flexibility index (Phi) is 6.95.